The number of halogens is 2. The molecule has 0 unspecified atom stereocenters. The van der Waals surface area contributed by atoms with Crippen molar-refractivity contribution in [3.63, 3.8) is 0 Å². The highest BCUT2D eigenvalue weighted by atomic mass is 35.5. The van der Waals surface area contributed by atoms with Crippen molar-refractivity contribution in [2.75, 3.05) is 54.1 Å². The number of methoxy groups -OCH3 is 3. The van der Waals surface area contributed by atoms with Gasteiger partial charge in [-0.25, -0.2) is 0 Å². The molecule has 11 heteroatoms. The Morgan fingerprint density at radius 3 is 2.09 bits per heavy atom. The molecule has 234 valence electrons. The van der Waals surface area contributed by atoms with Gasteiger partial charge < -0.3 is 29.7 Å². The number of hydrogen-bond donors (Lipinski definition) is 1. The molecule has 1 aromatic heterocycles. The molecule has 2 aliphatic heterocycles. The van der Waals surface area contributed by atoms with Crippen LogP contribution in [-0.2, 0) is 15.6 Å². The lowest BCUT2D eigenvalue weighted by molar-refractivity contribution is -0.125. The zero-order valence-corrected chi connectivity index (χ0v) is 26.8. The highest BCUT2D eigenvalue weighted by molar-refractivity contribution is 6.42. The second kappa shape index (κ2) is 13.2. The number of likely N-dealkylation sites (tertiary alicyclic amines) is 2. The van der Waals surface area contributed by atoms with Gasteiger partial charge in [-0.2, -0.15) is 0 Å². The Labute approximate surface area is 268 Å². The van der Waals surface area contributed by atoms with Crippen molar-refractivity contribution in [2.45, 2.75) is 36.5 Å². The Morgan fingerprint density at radius 1 is 0.864 bits per heavy atom. The molecule has 2 aromatic carbocycles. The third kappa shape index (κ3) is 6.05. The molecule has 2 fully saturated rings. The first-order valence-corrected chi connectivity index (χ1v) is 15.4. The average molecular weight is 642 g/mol. The first-order valence-electron chi connectivity index (χ1n) is 14.6. The Balaban J connectivity index is 1.36. The minimum atomic E-state index is -0.697. The zero-order valence-electron chi connectivity index (χ0n) is 25.3. The number of primary amides is 1. The van der Waals surface area contributed by atoms with E-state index in [9.17, 15) is 9.59 Å². The molecule has 2 aliphatic rings. The van der Waals surface area contributed by atoms with E-state index in [1.807, 2.05) is 35.2 Å². The van der Waals surface area contributed by atoms with Gasteiger partial charge in [0.25, 0.3) is 5.91 Å². The molecule has 2 N–H and O–H groups in total. The monoisotopic (exact) mass is 640 g/mol. The van der Waals surface area contributed by atoms with Crippen molar-refractivity contribution < 1.29 is 23.8 Å². The maximum Gasteiger partial charge on any atom is 0.254 e. The summed E-state index contributed by atoms with van der Waals surface area (Å²) in [5, 5.41) is 0.975. The number of rotatable bonds is 10. The minimum absolute atomic E-state index is 0.118. The molecule has 0 bridgehead atoms. The predicted molar refractivity (Wildman–Crippen MR) is 170 cm³/mol. The standard InChI is InChI=1S/C33H38Cl2N4O5/c1-42-27-18-22(19-28(43-2)29(27)44-3)30(40)39-17-9-32(21-39,24-4-5-25(34)26(35)20-24)8-14-38-15-10-33(11-16-38,31(36)41)23-6-12-37-13-7-23/h4-7,12-13,18-20H,8-11,14-17,21H2,1-3H3,(H2,36,41)/t32-/m0/s1. The van der Waals surface area contributed by atoms with Crippen LogP contribution in [0.25, 0.3) is 0 Å². The topological polar surface area (TPSA) is 107 Å². The fraction of sp³-hybridized carbons (Fsp3) is 0.424. The summed E-state index contributed by atoms with van der Waals surface area (Å²) in [5.41, 5.74) is 7.35. The Hall–Kier alpha value is -3.53. The smallest absolute Gasteiger partial charge is 0.254 e. The van der Waals surface area contributed by atoms with Gasteiger partial charge in [-0.05, 0) is 92.8 Å². The lowest BCUT2D eigenvalue weighted by Gasteiger charge is -2.41. The Kier molecular flexibility index (Phi) is 9.58. The van der Waals surface area contributed by atoms with Crippen molar-refractivity contribution in [2.24, 2.45) is 5.73 Å². The first-order chi connectivity index (χ1) is 21.2. The third-order valence-corrected chi connectivity index (χ3v) is 10.1. The summed E-state index contributed by atoms with van der Waals surface area (Å²) in [6.07, 6.45) is 6.24. The number of amides is 2. The SMILES string of the molecule is COc1cc(C(=O)N2CC[C@](CCN3CCC(C(N)=O)(c4ccncc4)CC3)(c3ccc(Cl)c(Cl)c3)C2)cc(OC)c1OC. The quantitative estimate of drug-likeness (QED) is 0.328. The van der Waals surface area contributed by atoms with Crippen molar-refractivity contribution in [3.05, 3.63) is 81.6 Å². The summed E-state index contributed by atoms with van der Waals surface area (Å²) >= 11 is 12.8. The lowest BCUT2D eigenvalue weighted by atomic mass is 9.72. The molecule has 44 heavy (non-hydrogen) atoms. The van der Waals surface area contributed by atoms with Crippen LogP contribution in [0.15, 0.2) is 54.9 Å². The molecule has 2 amide bonds. The number of ether oxygens (including phenoxy) is 3. The van der Waals surface area contributed by atoms with E-state index in [1.54, 1.807) is 24.5 Å². The molecule has 0 spiro atoms. The van der Waals surface area contributed by atoms with E-state index >= 15 is 0 Å². The molecule has 5 rings (SSSR count). The van der Waals surface area contributed by atoms with E-state index in [2.05, 4.69) is 9.88 Å². The number of nitrogens with zero attached hydrogens (tertiary/aromatic N) is 3. The minimum Gasteiger partial charge on any atom is -0.493 e. The number of carbonyl (C=O) groups excluding carboxylic acids is 2. The lowest BCUT2D eigenvalue weighted by Crippen LogP contribution is -2.50. The molecule has 0 aliphatic carbocycles. The molecule has 9 nitrogen and oxygen atoms in total. The van der Waals surface area contributed by atoms with Crippen LogP contribution in [0.4, 0.5) is 0 Å². The summed E-state index contributed by atoms with van der Waals surface area (Å²) < 4.78 is 16.4. The van der Waals surface area contributed by atoms with E-state index in [0.717, 1.165) is 43.6 Å². The molecule has 2 saturated heterocycles. The van der Waals surface area contributed by atoms with Crippen LogP contribution in [0.2, 0.25) is 10.0 Å². The van der Waals surface area contributed by atoms with Crippen LogP contribution >= 0.6 is 23.2 Å². The largest absolute Gasteiger partial charge is 0.493 e. The van der Waals surface area contributed by atoms with Crippen LogP contribution in [0.5, 0.6) is 17.2 Å². The molecule has 3 aromatic rings. The summed E-state index contributed by atoms with van der Waals surface area (Å²) in [5.74, 6) is 0.868. The second-order valence-corrected chi connectivity index (χ2v) is 12.4. The number of carbonyl (C=O) groups is 2. The van der Waals surface area contributed by atoms with Gasteiger partial charge in [-0.1, -0.05) is 29.3 Å². The van der Waals surface area contributed by atoms with Crippen LogP contribution < -0.4 is 19.9 Å². The summed E-state index contributed by atoms with van der Waals surface area (Å²) in [6.45, 7) is 3.34. The van der Waals surface area contributed by atoms with Crippen LogP contribution in [0.1, 0.15) is 47.2 Å². The van der Waals surface area contributed by atoms with Gasteiger partial charge >= 0.3 is 0 Å². The number of nitrogens with two attached hydrogens (primary N) is 1. The maximum absolute atomic E-state index is 13.9. The molecule has 1 atom stereocenters. The fourth-order valence-electron chi connectivity index (χ4n) is 6.72. The summed E-state index contributed by atoms with van der Waals surface area (Å²) in [4.78, 5) is 34.9. The highest BCUT2D eigenvalue weighted by Gasteiger charge is 2.44. The first kappa shape index (κ1) is 31.9. The number of hydrogen-bond acceptors (Lipinski definition) is 7. The van der Waals surface area contributed by atoms with E-state index < -0.39 is 5.41 Å². The van der Waals surface area contributed by atoms with Gasteiger partial charge in [0.15, 0.2) is 11.5 Å². The molecule has 3 heterocycles. The van der Waals surface area contributed by atoms with Crippen molar-refractivity contribution in [1.29, 1.82) is 0 Å². The summed E-state index contributed by atoms with van der Waals surface area (Å²) in [6, 6.07) is 12.9. The van der Waals surface area contributed by atoms with Crippen LogP contribution in [0, 0.1) is 0 Å². The molecular weight excluding hydrogens is 603 g/mol. The summed E-state index contributed by atoms with van der Waals surface area (Å²) in [7, 11) is 4.59. The van der Waals surface area contributed by atoms with Gasteiger partial charge in [0.05, 0.1) is 36.8 Å². The van der Waals surface area contributed by atoms with Gasteiger partial charge in [-0.15, -0.1) is 0 Å². The fourth-order valence-corrected chi connectivity index (χ4v) is 7.02. The normalized spacial score (nSPS) is 19.9. The van der Waals surface area contributed by atoms with Gasteiger partial charge in [0.2, 0.25) is 11.7 Å². The Morgan fingerprint density at radius 2 is 1.52 bits per heavy atom. The zero-order chi connectivity index (χ0) is 31.5. The number of benzene rings is 2. The molecular formula is C33H38Cl2N4O5. The van der Waals surface area contributed by atoms with E-state index in [-0.39, 0.29) is 17.2 Å². The van der Waals surface area contributed by atoms with Crippen molar-refractivity contribution in [1.82, 2.24) is 14.8 Å². The average Bonchev–Trinajstić information content (AvgIpc) is 3.50. The molecule has 0 saturated carbocycles. The number of piperidine rings is 1. The van der Waals surface area contributed by atoms with Crippen molar-refractivity contribution >= 4 is 35.0 Å². The van der Waals surface area contributed by atoms with Gasteiger partial charge in [-0.3, -0.25) is 14.6 Å². The number of aromatic nitrogens is 1. The Bertz CT molecular complexity index is 1490. The van der Waals surface area contributed by atoms with E-state index in [4.69, 9.17) is 43.1 Å². The second-order valence-electron chi connectivity index (χ2n) is 11.6. The maximum atomic E-state index is 13.9. The number of pyridine rings is 1. The van der Waals surface area contributed by atoms with Crippen molar-refractivity contribution in [3.8, 4) is 17.2 Å². The third-order valence-electron chi connectivity index (χ3n) is 9.41. The van der Waals surface area contributed by atoms with Gasteiger partial charge in [0.1, 0.15) is 0 Å². The van der Waals surface area contributed by atoms with Crippen LogP contribution in [-0.4, -0.2) is 80.7 Å². The van der Waals surface area contributed by atoms with E-state index in [1.165, 1.54) is 21.3 Å². The van der Waals surface area contributed by atoms with Gasteiger partial charge in [0, 0.05) is 36.5 Å². The molecule has 0 radical (unpaired) electrons. The predicted octanol–water partition coefficient (Wildman–Crippen LogP) is 5.11. The van der Waals surface area contributed by atoms with Crippen LogP contribution in [0.3, 0.4) is 0 Å². The highest BCUT2D eigenvalue weighted by Crippen LogP contribution is 2.43. The van der Waals surface area contributed by atoms with E-state index in [0.29, 0.717) is 58.8 Å².